The van der Waals surface area contributed by atoms with E-state index < -0.39 is 0 Å². The second-order valence-corrected chi connectivity index (χ2v) is 5.41. The number of halogens is 1. The second-order valence-electron chi connectivity index (χ2n) is 4.50. The summed E-state index contributed by atoms with van der Waals surface area (Å²) in [7, 11) is 0. The highest BCUT2D eigenvalue weighted by Crippen LogP contribution is 2.31. The van der Waals surface area contributed by atoms with Crippen LogP contribution in [0, 0.1) is 0 Å². The first-order chi connectivity index (χ1) is 7.68. The van der Waals surface area contributed by atoms with Gasteiger partial charge in [-0.3, -0.25) is 0 Å². The Morgan fingerprint density at radius 3 is 2.62 bits per heavy atom. The van der Waals surface area contributed by atoms with Crippen molar-refractivity contribution in [1.29, 1.82) is 0 Å². The molecular weight excluding hydrogens is 268 g/mol. The molecule has 0 saturated carbocycles. The van der Waals surface area contributed by atoms with Crippen LogP contribution in [0.5, 0.6) is 5.75 Å². The molecule has 1 heterocycles. The number of rotatable bonds is 6. The summed E-state index contributed by atoms with van der Waals surface area (Å²) in [5, 5.41) is 0. The quantitative estimate of drug-likeness (QED) is 0.586. The zero-order valence-electron chi connectivity index (χ0n) is 9.54. The van der Waals surface area contributed by atoms with Gasteiger partial charge in [-0.15, -0.1) is 0 Å². The summed E-state index contributed by atoms with van der Waals surface area (Å²) in [6.07, 6.45) is 3.42. The van der Waals surface area contributed by atoms with Crippen molar-refractivity contribution in [3.63, 3.8) is 0 Å². The molecule has 0 radical (unpaired) electrons. The van der Waals surface area contributed by atoms with E-state index in [0.29, 0.717) is 0 Å². The largest absolute Gasteiger partial charge is 0.494 e. The summed E-state index contributed by atoms with van der Waals surface area (Å²) in [6.45, 7) is 3.89. The Morgan fingerprint density at radius 2 is 2.00 bits per heavy atom. The fraction of sp³-hybridized carbons (Fsp3) is 0.538. The van der Waals surface area contributed by atoms with E-state index in [4.69, 9.17) is 9.47 Å². The average Bonchev–Trinajstić information content (AvgIpc) is 2.99. The smallest absolute Gasteiger partial charge is 0.119 e. The summed E-state index contributed by atoms with van der Waals surface area (Å²) in [4.78, 5) is 0. The molecule has 0 bridgehead atoms. The van der Waals surface area contributed by atoms with Gasteiger partial charge in [0, 0.05) is 4.47 Å². The lowest BCUT2D eigenvalue weighted by molar-refractivity contribution is 0.275. The van der Waals surface area contributed by atoms with Gasteiger partial charge in [0.05, 0.1) is 18.8 Å². The molecule has 0 aromatic heterocycles. The van der Waals surface area contributed by atoms with Crippen LogP contribution in [0.3, 0.4) is 0 Å². The summed E-state index contributed by atoms with van der Waals surface area (Å²) in [5.74, 6) is 0.942. The molecule has 1 unspecified atom stereocenters. The highest BCUT2D eigenvalue weighted by atomic mass is 79.9. The van der Waals surface area contributed by atoms with Crippen LogP contribution in [0.2, 0.25) is 0 Å². The molecule has 1 aromatic rings. The number of ether oxygens (including phenoxy) is 2. The van der Waals surface area contributed by atoms with Gasteiger partial charge in [0.1, 0.15) is 5.75 Å². The molecule has 1 aromatic carbocycles. The van der Waals surface area contributed by atoms with E-state index in [1.807, 2.05) is 24.3 Å². The van der Waals surface area contributed by atoms with Crippen LogP contribution < -0.4 is 4.74 Å². The Morgan fingerprint density at radius 1 is 1.31 bits per heavy atom. The van der Waals surface area contributed by atoms with Crippen LogP contribution >= 0.6 is 15.9 Å². The summed E-state index contributed by atoms with van der Waals surface area (Å²) in [6, 6.07) is 7.95. The van der Waals surface area contributed by atoms with E-state index in [0.717, 1.165) is 36.3 Å². The third-order valence-electron chi connectivity index (χ3n) is 2.82. The predicted molar refractivity (Wildman–Crippen MR) is 67.8 cm³/mol. The van der Waals surface area contributed by atoms with Gasteiger partial charge in [-0.2, -0.15) is 0 Å². The number of unbranched alkanes of at least 4 members (excludes halogenated alkanes) is 1. The minimum absolute atomic E-state index is 0.192. The van der Waals surface area contributed by atoms with E-state index in [1.54, 1.807) is 0 Å². The molecule has 3 heteroatoms. The third kappa shape index (κ3) is 3.80. The predicted octanol–water partition coefficient (Wildman–Crippen LogP) is 3.79. The highest BCUT2D eigenvalue weighted by molar-refractivity contribution is 9.10. The third-order valence-corrected chi connectivity index (χ3v) is 3.35. The van der Waals surface area contributed by atoms with E-state index in [-0.39, 0.29) is 5.60 Å². The molecule has 2 nitrogen and oxygen atoms in total. The number of hydrogen-bond donors (Lipinski definition) is 0. The lowest BCUT2D eigenvalue weighted by Crippen LogP contribution is -2.05. The number of hydrogen-bond acceptors (Lipinski definition) is 2. The first kappa shape index (κ1) is 11.9. The van der Waals surface area contributed by atoms with Crippen molar-refractivity contribution in [2.45, 2.75) is 31.8 Å². The Balaban J connectivity index is 1.59. The van der Waals surface area contributed by atoms with Crippen molar-refractivity contribution < 1.29 is 9.47 Å². The van der Waals surface area contributed by atoms with E-state index in [9.17, 15) is 0 Å². The Labute approximate surface area is 105 Å². The SMILES string of the molecule is CC1(CCCCOc2ccc(Br)cc2)CO1. The van der Waals surface area contributed by atoms with Crippen LogP contribution in [0.15, 0.2) is 28.7 Å². The molecule has 16 heavy (non-hydrogen) atoms. The van der Waals surface area contributed by atoms with Gasteiger partial charge in [-0.25, -0.2) is 0 Å². The summed E-state index contributed by atoms with van der Waals surface area (Å²) < 4.78 is 12.0. The zero-order chi connectivity index (χ0) is 11.4. The van der Waals surface area contributed by atoms with E-state index in [2.05, 4.69) is 22.9 Å². The van der Waals surface area contributed by atoms with Crippen molar-refractivity contribution in [3.8, 4) is 5.75 Å². The topological polar surface area (TPSA) is 21.8 Å². The fourth-order valence-corrected chi connectivity index (χ4v) is 1.85. The van der Waals surface area contributed by atoms with Crippen molar-refractivity contribution in [3.05, 3.63) is 28.7 Å². The molecule has 0 aliphatic carbocycles. The minimum Gasteiger partial charge on any atom is -0.494 e. The molecule has 1 aliphatic heterocycles. The lowest BCUT2D eigenvalue weighted by Gasteiger charge is -2.07. The minimum atomic E-state index is 0.192. The monoisotopic (exact) mass is 284 g/mol. The number of epoxide rings is 1. The van der Waals surface area contributed by atoms with Gasteiger partial charge in [0.15, 0.2) is 0 Å². The molecule has 2 rings (SSSR count). The lowest BCUT2D eigenvalue weighted by atomic mass is 10.1. The van der Waals surface area contributed by atoms with E-state index in [1.165, 1.54) is 6.42 Å². The first-order valence-electron chi connectivity index (χ1n) is 5.70. The molecular formula is C13H17BrO2. The molecule has 1 atom stereocenters. The Hall–Kier alpha value is -0.540. The van der Waals surface area contributed by atoms with Gasteiger partial charge < -0.3 is 9.47 Å². The maximum atomic E-state index is 5.63. The zero-order valence-corrected chi connectivity index (χ0v) is 11.1. The molecule has 1 saturated heterocycles. The normalized spacial score (nSPS) is 23.1. The van der Waals surface area contributed by atoms with Crippen molar-refractivity contribution in [2.24, 2.45) is 0 Å². The molecule has 0 spiro atoms. The van der Waals surface area contributed by atoms with Crippen LogP contribution in [0.1, 0.15) is 26.2 Å². The maximum absolute atomic E-state index is 5.63. The molecule has 0 amide bonds. The standard InChI is InChI=1S/C13H17BrO2/c1-13(10-16-13)8-2-3-9-15-12-6-4-11(14)5-7-12/h4-7H,2-3,8-10H2,1H3. The van der Waals surface area contributed by atoms with Crippen LogP contribution in [0.4, 0.5) is 0 Å². The van der Waals surface area contributed by atoms with Crippen molar-refractivity contribution in [2.75, 3.05) is 13.2 Å². The van der Waals surface area contributed by atoms with Crippen LogP contribution in [0.25, 0.3) is 0 Å². The van der Waals surface area contributed by atoms with Gasteiger partial charge >= 0.3 is 0 Å². The highest BCUT2D eigenvalue weighted by Gasteiger charge is 2.37. The average molecular weight is 285 g/mol. The number of benzene rings is 1. The molecule has 1 aliphatic rings. The van der Waals surface area contributed by atoms with Crippen LogP contribution in [-0.2, 0) is 4.74 Å². The molecule has 1 fully saturated rings. The Bertz CT molecular complexity index is 330. The van der Waals surface area contributed by atoms with Crippen molar-refractivity contribution in [1.82, 2.24) is 0 Å². The van der Waals surface area contributed by atoms with Gasteiger partial charge in [0.2, 0.25) is 0 Å². The second kappa shape index (κ2) is 5.19. The fourth-order valence-electron chi connectivity index (χ4n) is 1.59. The molecule has 88 valence electrons. The van der Waals surface area contributed by atoms with E-state index >= 15 is 0 Å². The van der Waals surface area contributed by atoms with Crippen LogP contribution in [-0.4, -0.2) is 18.8 Å². The summed E-state index contributed by atoms with van der Waals surface area (Å²) >= 11 is 3.40. The Kier molecular flexibility index (Phi) is 3.87. The van der Waals surface area contributed by atoms with Gasteiger partial charge in [-0.05, 0) is 50.5 Å². The van der Waals surface area contributed by atoms with Gasteiger partial charge in [0.25, 0.3) is 0 Å². The maximum Gasteiger partial charge on any atom is 0.119 e. The van der Waals surface area contributed by atoms with Crippen molar-refractivity contribution >= 4 is 15.9 Å². The first-order valence-corrected chi connectivity index (χ1v) is 6.50. The molecule has 0 N–H and O–H groups in total. The van der Waals surface area contributed by atoms with Gasteiger partial charge in [-0.1, -0.05) is 15.9 Å². The summed E-state index contributed by atoms with van der Waals surface area (Å²) in [5.41, 5.74) is 0.192.